The number of amides is 2. The van der Waals surface area contributed by atoms with Gasteiger partial charge < -0.3 is 15.7 Å². The molecule has 0 fully saturated rings. The summed E-state index contributed by atoms with van der Waals surface area (Å²) in [5, 5.41) is 16.7. The van der Waals surface area contributed by atoms with Gasteiger partial charge in [0.2, 0.25) is 15.9 Å². The third-order valence-electron chi connectivity index (χ3n) is 8.68. The van der Waals surface area contributed by atoms with Gasteiger partial charge in [0.25, 0.3) is 5.91 Å². The minimum Gasteiger partial charge on any atom is -0.394 e. The van der Waals surface area contributed by atoms with E-state index in [-0.39, 0.29) is 35.7 Å². The molecule has 9 nitrogen and oxygen atoms in total. The van der Waals surface area contributed by atoms with Crippen LogP contribution in [0.5, 0.6) is 0 Å². The lowest BCUT2D eigenvalue weighted by Crippen LogP contribution is -2.50. The Kier molecular flexibility index (Phi) is 11.9. The lowest BCUT2D eigenvalue weighted by Gasteiger charge is -2.30. The molecular weight excluding hydrogens is 713 g/mol. The molecule has 4 aromatic carbocycles. The molecule has 0 spiro atoms. The molecule has 2 aromatic heterocycles. The Morgan fingerprint density at radius 3 is 2.10 bits per heavy atom. The molecular formula is C40H40N4O5S3. The molecule has 0 bridgehead atoms. The van der Waals surface area contributed by atoms with Gasteiger partial charge in [0, 0.05) is 27.8 Å². The van der Waals surface area contributed by atoms with Crippen molar-refractivity contribution in [2.45, 2.75) is 43.3 Å². The number of benzene rings is 4. The summed E-state index contributed by atoms with van der Waals surface area (Å²) < 4.78 is 30.3. The van der Waals surface area contributed by atoms with Crippen LogP contribution in [-0.2, 0) is 21.4 Å². The van der Waals surface area contributed by atoms with Crippen molar-refractivity contribution >= 4 is 54.7 Å². The molecule has 0 saturated carbocycles. The Labute approximate surface area is 312 Å². The van der Waals surface area contributed by atoms with Crippen LogP contribution in [0.1, 0.15) is 57.0 Å². The van der Waals surface area contributed by atoms with Crippen LogP contribution in [0.3, 0.4) is 0 Å². The molecule has 0 saturated heterocycles. The zero-order valence-corrected chi connectivity index (χ0v) is 31.2. The van der Waals surface area contributed by atoms with E-state index in [1.807, 2.05) is 86.6 Å². The van der Waals surface area contributed by atoms with Gasteiger partial charge in [-0.05, 0) is 59.5 Å². The highest BCUT2D eigenvalue weighted by atomic mass is 32.2. The Morgan fingerprint density at radius 1 is 0.846 bits per heavy atom. The second-order valence-electron chi connectivity index (χ2n) is 12.8. The van der Waals surface area contributed by atoms with Gasteiger partial charge in [-0.2, -0.15) is 4.31 Å². The maximum absolute atomic E-state index is 14.2. The van der Waals surface area contributed by atoms with Crippen LogP contribution < -0.4 is 10.6 Å². The fourth-order valence-electron chi connectivity index (χ4n) is 6.17. The number of carbonyl (C=O) groups is 2. The quantitative estimate of drug-likeness (QED) is 0.104. The zero-order chi connectivity index (χ0) is 36.7. The summed E-state index contributed by atoms with van der Waals surface area (Å²) in [5.41, 5.74) is 4.58. The Balaban J connectivity index is 1.26. The maximum Gasteiger partial charge on any atom is 0.251 e. The van der Waals surface area contributed by atoms with Gasteiger partial charge in [-0.25, -0.2) is 13.4 Å². The first kappa shape index (κ1) is 37.1. The SMILES string of the molecule is CC(C)CN(C(CO)c1ccc(CNC(=O)C(NC(=O)c2ccccc2)C(c2ccccc2)c2ccccc2)s1)S(=O)(=O)c1ccc2ncsc2c1. The van der Waals surface area contributed by atoms with Gasteiger partial charge >= 0.3 is 0 Å². The molecule has 3 N–H and O–H groups in total. The molecule has 6 rings (SSSR count). The highest BCUT2D eigenvalue weighted by molar-refractivity contribution is 7.89. The number of carbonyl (C=O) groups excluding carboxylic acids is 2. The van der Waals surface area contributed by atoms with Crippen molar-refractivity contribution in [2.24, 2.45) is 5.92 Å². The summed E-state index contributed by atoms with van der Waals surface area (Å²) in [7, 11) is -4.00. The van der Waals surface area contributed by atoms with E-state index in [0.29, 0.717) is 10.4 Å². The predicted molar refractivity (Wildman–Crippen MR) is 207 cm³/mol. The van der Waals surface area contributed by atoms with E-state index in [1.165, 1.54) is 27.0 Å². The predicted octanol–water partition coefficient (Wildman–Crippen LogP) is 6.99. The van der Waals surface area contributed by atoms with E-state index >= 15 is 0 Å². The lowest BCUT2D eigenvalue weighted by atomic mass is 9.84. The summed E-state index contributed by atoms with van der Waals surface area (Å²) in [6, 6.07) is 34.7. The van der Waals surface area contributed by atoms with Crippen molar-refractivity contribution in [2.75, 3.05) is 13.2 Å². The number of rotatable bonds is 15. The summed E-state index contributed by atoms with van der Waals surface area (Å²) in [6.07, 6.45) is 0. The minimum atomic E-state index is -4.00. The molecule has 6 aromatic rings. The number of nitrogens with one attached hydrogen (secondary N) is 2. The molecule has 0 aliphatic rings. The first-order valence-corrected chi connectivity index (χ1v) is 20.1. The van der Waals surface area contributed by atoms with Crippen molar-refractivity contribution in [3.05, 3.63) is 153 Å². The monoisotopic (exact) mass is 752 g/mol. The van der Waals surface area contributed by atoms with Crippen LogP contribution in [0.2, 0.25) is 0 Å². The van der Waals surface area contributed by atoms with Crippen LogP contribution in [0, 0.1) is 5.92 Å². The second kappa shape index (κ2) is 16.7. The van der Waals surface area contributed by atoms with Crippen LogP contribution in [0.25, 0.3) is 10.2 Å². The zero-order valence-electron chi connectivity index (χ0n) is 28.8. The topological polar surface area (TPSA) is 129 Å². The molecule has 2 amide bonds. The molecule has 0 aliphatic carbocycles. The van der Waals surface area contributed by atoms with Crippen molar-refractivity contribution in [3.8, 4) is 0 Å². The van der Waals surface area contributed by atoms with Gasteiger partial charge in [-0.15, -0.1) is 22.7 Å². The molecule has 52 heavy (non-hydrogen) atoms. The lowest BCUT2D eigenvalue weighted by molar-refractivity contribution is -0.123. The van der Waals surface area contributed by atoms with Crippen LogP contribution in [0.4, 0.5) is 0 Å². The fraction of sp³-hybridized carbons (Fsp3) is 0.225. The molecule has 0 radical (unpaired) electrons. The smallest absolute Gasteiger partial charge is 0.251 e. The normalized spacial score (nSPS) is 13.0. The van der Waals surface area contributed by atoms with Gasteiger partial charge in [0.1, 0.15) is 6.04 Å². The number of thiophene rings is 1. The van der Waals surface area contributed by atoms with Crippen molar-refractivity contribution in [1.29, 1.82) is 0 Å². The first-order valence-electron chi connectivity index (χ1n) is 16.9. The number of nitrogens with zero attached hydrogens (tertiary/aromatic N) is 2. The Bertz CT molecular complexity index is 2170. The largest absolute Gasteiger partial charge is 0.394 e. The standard InChI is InChI=1S/C40H40N4O5S3/c1-27(2)24-44(52(48,49)32-19-20-33-36(22-32)50-26-42-33)34(25-45)35-21-18-31(51-35)23-41-40(47)38(43-39(46)30-16-10-5-11-17-30)37(28-12-6-3-7-13-28)29-14-8-4-9-15-29/h3-22,26-27,34,37-38,45H,23-25H2,1-2H3,(H,41,47)(H,43,46). The number of hydrogen-bond donors (Lipinski definition) is 3. The van der Waals surface area contributed by atoms with E-state index in [2.05, 4.69) is 15.6 Å². The second-order valence-corrected chi connectivity index (χ2v) is 16.8. The summed E-state index contributed by atoms with van der Waals surface area (Å²) >= 11 is 2.69. The summed E-state index contributed by atoms with van der Waals surface area (Å²) in [5.74, 6) is -1.26. The fourth-order valence-corrected chi connectivity index (χ4v) is 9.87. The third kappa shape index (κ3) is 8.49. The van der Waals surface area contributed by atoms with Crippen molar-refractivity contribution < 1.29 is 23.1 Å². The molecule has 268 valence electrons. The van der Waals surface area contributed by atoms with E-state index in [9.17, 15) is 23.1 Å². The number of fused-ring (bicyclic) bond motifs is 1. The van der Waals surface area contributed by atoms with Crippen LogP contribution >= 0.6 is 22.7 Å². The first-order chi connectivity index (χ1) is 25.2. The Hall–Kier alpha value is -4.72. The highest BCUT2D eigenvalue weighted by Gasteiger charge is 2.35. The number of thiazole rings is 1. The van der Waals surface area contributed by atoms with Gasteiger partial charge in [-0.3, -0.25) is 9.59 Å². The number of hydrogen-bond acceptors (Lipinski definition) is 8. The van der Waals surface area contributed by atoms with E-state index in [1.54, 1.807) is 54.0 Å². The third-order valence-corrected chi connectivity index (χ3v) is 12.5. The molecule has 12 heteroatoms. The van der Waals surface area contributed by atoms with E-state index < -0.39 is 34.6 Å². The Morgan fingerprint density at radius 2 is 1.48 bits per heavy atom. The summed E-state index contributed by atoms with van der Waals surface area (Å²) in [6.45, 7) is 3.77. The summed E-state index contributed by atoms with van der Waals surface area (Å²) in [4.78, 5) is 33.5. The number of aromatic nitrogens is 1. The number of aliphatic hydroxyl groups excluding tert-OH is 1. The van der Waals surface area contributed by atoms with Gasteiger partial charge in [-0.1, -0.05) is 92.7 Å². The average Bonchev–Trinajstić information content (AvgIpc) is 3.84. The van der Waals surface area contributed by atoms with Crippen LogP contribution in [0.15, 0.2) is 132 Å². The maximum atomic E-state index is 14.2. The van der Waals surface area contributed by atoms with E-state index in [0.717, 1.165) is 26.2 Å². The number of aliphatic hydroxyl groups is 1. The highest BCUT2D eigenvalue weighted by Crippen LogP contribution is 2.34. The molecule has 2 heterocycles. The van der Waals surface area contributed by atoms with Gasteiger partial charge in [0.15, 0.2) is 0 Å². The minimum absolute atomic E-state index is 0.0140. The average molecular weight is 753 g/mol. The van der Waals surface area contributed by atoms with E-state index in [4.69, 9.17) is 0 Å². The molecule has 2 atom stereocenters. The van der Waals surface area contributed by atoms with Gasteiger partial charge in [0.05, 0.1) is 39.8 Å². The van der Waals surface area contributed by atoms with Crippen molar-refractivity contribution in [1.82, 2.24) is 19.9 Å². The van der Waals surface area contributed by atoms with Crippen molar-refractivity contribution in [3.63, 3.8) is 0 Å². The molecule has 0 aliphatic heterocycles. The molecule has 2 unspecified atom stereocenters. The number of sulfonamides is 1. The van der Waals surface area contributed by atoms with Crippen LogP contribution in [-0.4, -0.2) is 53.8 Å².